The van der Waals surface area contributed by atoms with Crippen LogP contribution in [0.1, 0.15) is 17.0 Å². The van der Waals surface area contributed by atoms with Crippen LogP contribution >= 0.6 is 11.6 Å². The highest BCUT2D eigenvalue weighted by Gasteiger charge is 2.11. The Bertz CT molecular complexity index is 744. The summed E-state index contributed by atoms with van der Waals surface area (Å²) in [5, 5.41) is 15.2. The molecule has 0 unspecified atom stereocenters. The predicted molar refractivity (Wildman–Crippen MR) is 87.5 cm³/mol. The Balaban J connectivity index is 1.73. The zero-order valence-electron chi connectivity index (χ0n) is 12.6. The number of aryl methyl sites for hydroxylation is 1. The molecule has 0 aliphatic carbocycles. The quantitative estimate of drug-likeness (QED) is 0.758. The third-order valence-electron chi connectivity index (χ3n) is 3.48. The van der Waals surface area contributed by atoms with Crippen molar-refractivity contribution in [3.8, 4) is 11.3 Å². The van der Waals surface area contributed by atoms with Crippen LogP contribution < -0.4 is 0 Å². The first kappa shape index (κ1) is 14.8. The Morgan fingerprint density at radius 3 is 2.59 bits per heavy atom. The second kappa shape index (κ2) is 6.34. The smallest absolute Gasteiger partial charge is 0.0765 e. The first-order valence-corrected chi connectivity index (χ1v) is 7.47. The third kappa shape index (κ3) is 3.37. The Labute approximate surface area is 134 Å². The molecule has 0 aliphatic heterocycles. The van der Waals surface area contributed by atoms with Gasteiger partial charge in [0.2, 0.25) is 0 Å². The zero-order chi connectivity index (χ0) is 15.5. The van der Waals surface area contributed by atoms with Gasteiger partial charge in [-0.3, -0.25) is 15.1 Å². The van der Waals surface area contributed by atoms with Crippen LogP contribution in [0.5, 0.6) is 0 Å². The summed E-state index contributed by atoms with van der Waals surface area (Å²) in [5.74, 6) is 0. The minimum Gasteiger partial charge on any atom is -0.296 e. The molecule has 0 fully saturated rings. The second-order valence-electron chi connectivity index (χ2n) is 5.49. The largest absolute Gasteiger partial charge is 0.296 e. The van der Waals surface area contributed by atoms with E-state index in [1.54, 1.807) is 0 Å². The highest BCUT2D eigenvalue weighted by molar-refractivity contribution is 6.30. The lowest BCUT2D eigenvalue weighted by atomic mass is 10.1. The number of rotatable bonds is 5. The fourth-order valence-electron chi connectivity index (χ4n) is 2.48. The van der Waals surface area contributed by atoms with Crippen LogP contribution in [-0.4, -0.2) is 32.3 Å². The van der Waals surface area contributed by atoms with Gasteiger partial charge in [-0.25, -0.2) is 0 Å². The number of benzene rings is 1. The van der Waals surface area contributed by atoms with Gasteiger partial charge in [-0.15, -0.1) is 0 Å². The summed E-state index contributed by atoms with van der Waals surface area (Å²) in [5.41, 5.74) is 5.38. The number of nitrogens with zero attached hydrogens (tertiary/aromatic N) is 3. The van der Waals surface area contributed by atoms with Crippen molar-refractivity contribution in [2.24, 2.45) is 0 Å². The van der Waals surface area contributed by atoms with E-state index in [1.165, 1.54) is 0 Å². The molecule has 0 bridgehead atoms. The summed E-state index contributed by atoms with van der Waals surface area (Å²) in [6, 6.07) is 9.83. The molecule has 0 aliphatic rings. The SMILES string of the molecule is Cc1cc(CN(C)Cc2cn[nH]c2-c2ccc(Cl)cc2)n[nH]1. The summed E-state index contributed by atoms with van der Waals surface area (Å²) in [4.78, 5) is 2.21. The summed E-state index contributed by atoms with van der Waals surface area (Å²) in [7, 11) is 2.07. The van der Waals surface area contributed by atoms with E-state index in [9.17, 15) is 0 Å². The van der Waals surface area contributed by atoms with Crippen molar-refractivity contribution in [3.05, 3.63) is 58.5 Å². The Morgan fingerprint density at radius 2 is 1.91 bits per heavy atom. The molecule has 114 valence electrons. The number of hydrogen-bond acceptors (Lipinski definition) is 3. The maximum Gasteiger partial charge on any atom is 0.0765 e. The molecule has 2 heterocycles. The number of halogens is 1. The number of hydrogen-bond donors (Lipinski definition) is 2. The molecule has 22 heavy (non-hydrogen) atoms. The second-order valence-corrected chi connectivity index (χ2v) is 5.93. The average Bonchev–Trinajstić information content (AvgIpc) is 3.09. The fraction of sp³-hybridized carbons (Fsp3) is 0.250. The van der Waals surface area contributed by atoms with Crippen LogP contribution in [0.15, 0.2) is 36.5 Å². The summed E-state index contributed by atoms with van der Waals surface area (Å²) >= 11 is 5.95. The standard InChI is InChI=1S/C16H18ClN5/c1-11-7-15(20-19-11)10-22(2)9-13-8-18-21-16(13)12-3-5-14(17)6-4-12/h3-8H,9-10H2,1-2H3,(H,18,21)(H,19,20). The van der Waals surface area contributed by atoms with E-state index in [1.807, 2.05) is 37.4 Å². The first-order chi connectivity index (χ1) is 10.6. The summed E-state index contributed by atoms with van der Waals surface area (Å²) < 4.78 is 0. The van der Waals surface area contributed by atoms with Crippen molar-refractivity contribution in [1.29, 1.82) is 0 Å². The van der Waals surface area contributed by atoms with E-state index in [0.29, 0.717) is 0 Å². The number of nitrogens with one attached hydrogen (secondary N) is 2. The highest BCUT2D eigenvalue weighted by atomic mass is 35.5. The van der Waals surface area contributed by atoms with Crippen LogP contribution in [0.25, 0.3) is 11.3 Å². The molecule has 0 amide bonds. The van der Waals surface area contributed by atoms with E-state index < -0.39 is 0 Å². The molecule has 1 aromatic carbocycles. The molecular weight excluding hydrogens is 298 g/mol. The molecule has 0 atom stereocenters. The fourth-order valence-corrected chi connectivity index (χ4v) is 2.60. The van der Waals surface area contributed by atoms with E-state index in [2.05, 4.69) is 38.4 Å². The van der Waals surface area contributed by atoms with Crippen LogP contribution in [0.2, 0.25) is 5.02 Å². The summed E-state index contributed by atoms with van der Waals surface area (Å²) in [6.07, 6.45) is 1.87. The van der Waals surface area contributed by atoms with E-state index >= 15 is 0 Å². The molecule has 0 saturated heterocycles. The number of H-pyrrole nitrogens is 2. The third-order valence-corrected chi connectivity index (χ3v) is 3.73. The monoisotopic (exact) mass is 315 g/mol. The normalized spacial score (nSPS) is 11.3. The van der Waals surface area contributed by atoms with Crippen molar-refractivity contribution in [3.63, 3.8) is 0 Å². The molecule has 3 aromatic rings. The van der Waals surface area contributed by atoms with Crippen LogP contribution in [0, 0.1) is 6.92 Å². The van der Waals surface area contributed by atoms with E-state index in [0.717, 1.165) is 46.3 Å². The zero-order valence-corrected chi connectivity index (χ0v) is 13.4. The van der Waals surface area contributed by atoms with Crippen LogP contribution in [0.3, 0.4) is 0 Å². The van der Waals surface area contributed by atoms with Crippen molar-refractivity contribution in [1.82, 2.24) is 25.3 Å². The molecule has 0 spiro atoms. The molecular formula is C16H18ClN5. The van der Waals surface area contributed by atoms with Crippen LogP contribution in [0.4, 0.5) is 0 Å². The van der Waals surface area contributed by atoms with E-state index in [-0.39, 0.29) is 0 Å². The summed E-state index contributed by atoms with van der Waals surface area (Å²) in [6.45, 7) is 3.58. The van der Waals surface area contributed by atoms with Gasteiger partial charge in [-0.2, -0.15) is 10.2 Å². The van der Waals surface area contributed by atoms with Crippen molar-refractivity contribution >= 4 is 11.6 Å². The topological polar surface area (TPSA) is 60.6 Å². The highest BCUT2D eigenvalue weighted by Crippen LogP contribution is 2.24. The van der Waals surface area contributed by atoms with Gasteiger partial charge in [-0.05, 0) is 37.7 Å². The predicted octanol–water partition coefficient (Wildman–Crippen LogP) is 3.39. The van der Waals surface area contributed by atoms with E-state index in [4.69, 9.17) is 11.6 Å². The maximum absolute atomic E-state index is 5.95. The minimum atomic E-state index is 0.732. The van der Waals surface area contributed by atoms with Crippen molar-refractivity contribution in [2.75, 3.05) is 7.05 Å². The average molecular weight is 316 g/mol. The maximum atomic E-state index is 5.95. The van der Waals surface area contributed by atoms with Gasteiger partial charge in [0.15, 0.2) is 0 Å². The van der Waals surface area contributed by atoms with Crippen LogP contribution in [-0.2, 0) is 13.1 Å². The van der Waals surface area contributed by atoms with Gasteiger partial charge in [0.25, 0.3) is 0 Å². The molecule has 0 saturated carbocycles. The lowest BCUT2D eigenvalue weighted by molar-refractivity contribution is 0.315. The number of aromatic nitrogens is 4. The van der Waals surface area contributed by atoms with Crippen molar-refractivity contribution < 1.29 is 0 Å². The van der Waals surface area contributed by atoms with Gasteiger partial charge < -0.3 is 0 Å². The van der Waals surface area contributed by atoms with Crippen molar-refractivity contribution in [2.45, 2.75) is 20.0 Å². The minimum absolute atomic E-state index is 0.732. The Hall–Kier alpha value is -2.11. The number of aromatic amines is 2. The van der Waals surface area contributed by atoms with Gasteiger partial charge in [0, 0.05) is 29.4 Å². The lowest BCUT2D eigenvalue weighted by Gasteiger charge is -2.15. The van der Waals surface area contributed by atoms with Gasteiger partial charge in [0.1, 0.15) is 0 Å². The molecule has 5 nitrogen and oxygen atoms in total. The molecule has 6 heteroatoms. The molecule has 0 radical (unpaired) electrons. The Kier molecular flexibility index (Phi) is 4.27. The molecule has 2 aromatic heterocycles. The Morgan fingerprint density at radius 1 is 1.14 bits per heavy atom. The first-order valence-electron chi connectivity index (χ1n) is 7.09. The molecule has 2 N–H and O–H groups in total. The molecule has 3 rings (SSSR count). The van der Waals surface area contributed by atoms with Gasteiger partial charge in [-0.1, -0.05) is 23.7 Å². The van der Waals surface area contributed by atoms with Gasteiger partial charge >= 0.3 is 0 Å². The van der Waals surface area contributed by atoms with Gasteiger partial charge in [0.05, 0.1) is 17.6 Å². The lowest BCUT2D eigenvalue weighted by Crippen LogP contribution is -2.17.